The maximum atomic E-state index is 5.08. The van der Waals surface area contributed by atoms with E-state index in [1.165, 1.54) is 25.7 Å². The second-order valence-electron chi connectivity index (χ2n) is 3.48. The van der Waals surface area contributed by atoms with E-state index in [1.807, 2.05) is 6.08 Å². The summed E-state index contributed by atoms with van der Waals surface area (Å²) in [5.41, 5.74) is 0. The lowest BCUT2D eigenvalue weighted by atomic mass is 10.2. The van der Waals surface area contributed by atoms with E-state index in [0.29, 0.717) is 0 Å². The average Bonchev–Trinajstić information content (AvgIpc) is 2.26. The summed E-state index contributed by atoms with van der Waals surface area (Å²) in [5, 5.41) is 0. The van der Waals surface area contributed by atoms with Gasteiger partial charge in [0.05, 0.1) is 0 Å². The first-order valence-corrected chi connectivity index (χ1v) is 5.83. The van der Waals surface area contributed by atoms with E-state index in [2.05, 4.69) is 37.1 Å². The Labute approximate surface area is 94.8 Å². The number of terminal acetylenes is 1. The van der Waals surface area contributed by atoms with E-state index in [4.69, 9.17) is 6.42 Å². The van der Waals surface area contributed by atoms with E-state index in [1.54, 1.807) is 6.08 Å². The van der Waals surface area contributed by atoms with Crippen LogP contribution in [0.1, 0.15) is 45.4 Å². The molecule has 0 amide bonds. The van der Waals surface area contributed by atoms with Crippen molar-refractivity contribution in [2.75, 3.05) is 0 Å². The van der Waals surface area contributed by atoms with Gasteiger partial charge in [-0.25, -0.2) is 0 Å². The van der Waals surface area contributed by atoms with Crippen LogP contribution in [0.3, 0.4) is 0 Å². The zero-order valence-corrected chi connectivity index (χ0v) is 9.78. The molecule has 0 heterocycles. The molecule has 0 fully saturated rings. The van der Waals surface area contributed by atoms with Crippen LogP contribution in [0.15, 0.2) is 36.5 Å². The molecule has 0 aromatic heterocycles. The second-order valence-corrected chi connectivity index (χ2v) is 3.48. The summed E-state index contributed by atoms with van der Waals surface area (Å²) in [7, 11) is 0. The predicted molar refractivity (Wildman–Crippen MR) is 69.6 cm³/mol. The highest BCUT2D eigenvalue weighted by Gasteiger charge is 1.80. The van der Waals surface area contributed by atoms with Gasteiger partial charge in [0.2, 0.25) is 0 Å². The quantitative estimate of drug-likeness (QED) is 0.305. The molecule has 0 spiro atoms. The van der Waals surface area contributed by atoms with Crippen LogP contribution in [-0.2, 0) is 0 Å². The van der Waals surface area contributed by atoms with Crippen molar-refractivity contribution in [1.82, 2.24) is 0 Å². The van der Waals surface area contributed by atoms with Crippen molar-refractivity contribution >= 4 is 0 Å². The second kappa shape index (κ2) is 12.8. The van der Waals surface area contributed by atoms with Gasteiger partial charge in [0.1, 0.15) is 0 Å². The molecule has 0 bridgehead atoms. The normalized spacial score (nSPS) is 11.7. The monoisotopic (exact) mass is 202 g/mol. The van der Waals surface area contributed by atoms with E-state index >= 15 is 0 Å². The summed E-state index contributed by atoms with van der Waals surface area (Å²) in [4.78, 5) is 0. The predicted octanol–water partition coefficient (Wildman–Crippen LogP) is 4.65. The number of unbranched alkanes of at least 4 members (excludes halogenated alkanes) is 3. The SMILES string of the molecule is C#C/C=C/C/C=C/C/C=C/CCCCC. The molecule has 0 aromatic carbocycles. The van der Waals surface area contributed by atoms with Crippen molar-refractivity contribution in [3.8, 4) is 12.3 Å². The molecule has 0 rings (SSSR count). The van der Waals surface area contributed by atoms with Gasteiger partial charge in [-0.15, -0.1) is 6.42 Å². The van der Waals surface area contributed by atoms with E-state index in [9.17, 15) is 0 Å². The van der Waals surface area contributed by atoms with E-state index in [-0.39, 0.29) is 0 Å². The molecule has 0 aliphatic carbocycles. The van der Waals surface area contributed by atoms with Crippen LogP contribution in [0.5, 0.6) is 0 Å². The lowest BCUT2D eigenvalue weighted by molar-refractivity contribution is 0.728. The summed E-state index contributed by atoms with van der Waals surface area (Å²) < 4.78 is 0. The summed E-state index contributed by atoms with van der Waals surface area (Å²) in [5.74, 6) is 2.47. The highest BCUT2D eigenvalue weighted by atomic mass is 13.9. The molecule has 0 N–H and O–H groups in total. The summed E-state index contributed by atoms with van der Waals surface area (Å²) in [6.45, 7) is 2.23. The average molecular weight is 202 g/mol. The first-order valence-electron chi connectivity index (χ1n) is 5.83. The van der Waals surface area contributed by atoms with Crippen molar-refractivity contribution in [2.45, 2.75) is 45.4 Å². The van der Waals surface area contributed by atoms with Crippen LogP contribution in [0.4, 0.5) is 0 Å². The molecule has 0 aliphatic heterocycles. The molecule has 82 valence electrons. The summed E-state index contributed by atoms with van der Waals surface area (Å²) >= 11 is 0. The maximum Gasteiger partial charge on any atom is -0.0158 e. The van der Waals surface area contributed by atoms with Gasteiger partial charge in [-0.2, -0.15) is 0 Å². The highest BCUT2D eigenvalue weighted by Crippen LogP contribution is 2.00. The van der Waals surface area contributed by atoms with Crippen molar-refractivity contribution < 1.29 is 0 Å². The fraction of sp³-hybridized carbons (Fsp3) is 0.467. The third-order valence-electron chi connectivity index (χ3n) is 2.07. The molecule has 0 radical (unpaired) electrons. The maximum absolute atomic E-state index is 5.08. The van der Waals surface area contributed by atoms with Crippen molar-refractivity contribution in [3.05, 3.63) is 36.5 Å². The third-order valence-corrected chi connectivity index (χ3v) is 2.07. The Morgan fingerprint density at radius 3 is 2.27 bits per heavy atom. The topological polar surface area (TPSA) is 0 Å². The first kappa shape index (κ1) is 13.8. The molecule has 0 atom stereocenters. The van der Waals surface area contributed by atoms with Gasteiger partial charge >= 0.3 is 0 Å². The van der Waals surface area contributed by atoms with E-state index < -0.39 is 0 Å². The first-order chi connectivity index (χ1) is 7.41. The van der Waals surface area contributed by atoms with E-state index in [0.717, 1.165) is 12.8 Å². The number of rotatable bonds is 8. The molecule has 0 heteroatoms. The molecule has 0 aliphatic rings. The number of hydrogen-bond acceptors (Lipinski definition) is 0. The lowest BCUT2D eigenvalue weighted by Gasteiger charge is -1.90. The van der Waals surface area contributed by atoms with Gasteiger partial charge in [0.15, 0.2) is 0 Å². The zero-order valence-electron chi connectivity index (χ0n) is 9.78. The fourth-order valence-corrected chi connectivity index (χ4v) is 1.21. The molecule has 0 nitrogen and oxygen atoms in total. The standard InChI is InChI=1S/C15H22/c1-3-5-7-9-11-13-15-14-12-10-8-6-4-2/h1,5,7,11-14H,4,6,8-10,15H2,2H3/b7-5+,13-11+,14-12+. The molecule has 0 saturated heterocycles. The molecular formula is C15H22. The molecule has 15 heavy (non-hydrogen) atoms. The van der Waals surface area contributed by atoms with Gasteiger partial charge in [-0.1, -0.05) is 56.1 Å². The lowest BCUT2D eigenvalue weighted by Crippen LogP contribution is -1.70. The summed E-state index contributed by atoms with van der Waals surface area (Å²) in [6.07, 6.45) is 24.8. The Morgan fingerprint density at radius 2 is 1.60 bits per heavy atom. The molecule has 0 unspecified atom stereocenters. The van der Waals surface area contributed by atoms with Crippen molar-refractivity contribution in [3.63, 3.8) is 0 Å². The Bertz CT molecular complexity index is 235. The van der Waals surface area contributed by atoms with Crippen LogP contribution in [0.2, 0.25) is 0 Å². The Kier molecular flexibility index (Phi) is 11.7. The van der Waals surface area contributed by atoms with Crippen LogP contribution < -0.4 is 0 Å². The zero-order chi connectivity index (χ0) is 11.2. The smallest absolute Gasteiger partial charge is 0.0158 e. The minimum absolute atomic E-state index is 0.938. The number of allylic oxidation sites excluding steroid dienone is 6. The minimum atomic E-state index is 0.938. The Hall–Kier alpha value is -1.22. The molecular weight excluding hydrogens is 180 g/mol. The fourth-order valence-electron chi connectivity index (χ4n) is 1.21. The van der Waals surface area contributed by atoms with Gasteiger partial charge < -0.3 is 0 Å². The third kappa shape index (κ3) is 12.8. The Morgan fingerprint density at radius 1 is 0.933 bits per heavy atom. The summed E-state index contributed by atoms with van der Waals surface area (Å²) in [6, 6.07) is 0. The van der Waals surface area contributed by atoms with Crippen LogP contribution >= 0.6 is 0 Å². The van der Waals surface area contributed by atoms with Crippen molar-refractivity contribution in [2.24, 2.45) is 0 Å². The van der Waals surface area contributed by atoms with Gasteiger partial charge in [0.25, 0.3) is 0 Å². The van der Waals surface area contributed by atoms with Crippen LogP contribution in [0, 0.1) is 12.3 Å². The van der Waals surface area contributed by atoms with Crippen LogP contribution in [-0.4, -0.2) is 0 Å². The highest BCUT2D eigenvalue weighted by molar-refractivity contribution is 5.10. The number of hydrogen-bond donors (Lipinski definition) is 0. The molecule has 0 aromatic rings. The molecule has 0 saturated carbocycles. The largest absolute Gasteiger partial charge is 0.115 e. The Balaban J connectivity index is 3.29. The van der Waals surface area contributed by atoms with Crippen LogP contribution in [0.25, 0.3) is 0 Å². The van der Waals surface area contributed by atoms with Gasteiger partial charge in [0, 0.05) is 0 Å². The van der Waals surface area contributed by atoms with Crippen molar-refractivity contribution in [1.29, 1.82) is 0 Å². The van der Waals surface area contributed by atoms with Gasteiger partial charge in [-0.05, 0) is 31.8 Å². The van der Waals surface area contributed by atoms with Gasteiger partial charge in [-0.3, -0.25) is 0 Å². The minimum Gasteiger partial charge on any atom is -0.115 e.